The highest BCUT2D eigenvalue weighted by Crippen LogP contribution is 2.42. The van der Waals surface area contributed by atoms with Crippen LogP contribution in [0.15, 0.2) is 48.6 Å². The molecule has 0 fully saturated rings. The van der Waals surface area contributed by atoms with E-state index in [0.29, 0.717) is 12.8 Å². The van der Waals surface area contributed by atoms with E-state index in [0.717, 1.165) is 90.6 Å². The fourth-order valence-electron chi connectivity index (χ4n) is 6.36. The Morgan fingerprint density at radius 2 is 0.911 bits per heavy atom. The van der Waals surface area contributed by atoms with Crippen LogP contribution in [0.25, 0.3) is 0 Å². The van der Waals surface area contributed by atoms with Gasteiger partial charge in [-0.1, -0.05) is 197 Å². The summed E-state index contributed by atoms with van der Waals surface area (Å²) in [6, 6.07) is 0. The lowest BCUT2D eigenvalue weighted by molar-refractivity contribution is -0.161. The van der Waals surface area contributed by atoms with Crippen molar-refractivity contribution in [3.8, 4) is 0 Å². The first-order valence-electron chi connectivity index (χ1n) is 22.8. The van der Waals surface area contributed by atoms with Gasteiger partial charge < -0.3 is 14.4 Å². The predicted octanol–water partition coefficient (Wildman–Crippen LogP) is 14.6. The number of phosphoric ester groups is 1. The minimum Gasteiger partial charge on any atom is -0.462 e. The molecule has 1 N–H and O–H groups in total. The Labute approximate surface area is 344 Å². The SMILES string of the molecule is CC/C=C\C/C=C\C/C=C\C/C=C\CCCCCCCCC(=O)OC(COC(=O)CCCCCCCCCCCCCCCCCCCC)COP(=O)(O)OC. The summed E-state index contributed by atoms with van der Waals surface area (Å²) in [5.74, 6) is -0.814. The molecule has 0 saturated carbocycles. The number of ether oxygens (including phenoxy) is 2. The van der Waals surface area contributed by atoms with Crippen LogP contribution >= 0.6 is 7.82 Å². The minimum atomic E-state index is -4.27. The maximum absolute atomic E-state index is 12.5. The van der Waals surface area contributed by atoms with Crippen molar-refractivity contribution in [3.05, 3.63) is 48.6 Å². The van der Waals surface area contributed by atoms with Crippen molar-refractivity contribution in [2.75, 3.05) is 20.3 Å². The van der Waals surface area contributed by atoms with Crippen LogP contribution in [0, 0.1) is 0 Å². The summed E-state index contributed by atoms with van der Waals surface area (Å²) in [7, 11) is -3.21. The summed E-state index contributed by atoms with van der Waals surface area (Å²) in [6.45, 7) is 3.79. The standard InChI is InChI=1S/C47H85O8P/c1-4-6-8-10-12-14-16-18-20-22-24-26-28-30-32-34-36-38-40-42-47(49)55-45(44-54-56(50,51)52-3)43-53-46(48)41-39-37-35-33-31-29-27-25-23-21-19-17-15-13-11-9-7-5-2/h6,8,12,14,18,20,24,26,45H,4-5,7,9-11,13,15-17,19,21-23,25,27-44H2,1-3H3,(H,50,51)/b8-6-,14-12-,20-18-,26-24-. The van der Waals surface area contributed by atoms with Crippen molar-refractivity contribution in [1.82, 2.24) is 0 Å². The molecule has 0 aromatic heterocycles. The Balaban J connectivity index is 3.98. The van der Waals surface area contributed by atoms with Crippen LogP contribution in [0.2, 0.25) is 0 Å². The van der Waals surface area contributed by atoms with Crippen LogP contribution in [0.5, 0.6) is 0 Å². The van der Waals surface area contributed by atoms with Crippen molar-refractivity contribution >= 4 is 19.8 Å². The lowest BCUT2D eigenvalue weighted by Gasteiger charge is -2.19. The molecule has 9 heteroatoms. The molecular formula is C47H85O8P. The summed E-state index contributed by atoms with van der Waals surface area (Å²) >= 11 is 0. The number of unbranched alkanes of at least 4 members (excludes halogenated alkanes) is 23. The van der Waals surface area contributed by atoms with E-state index in [4.69, 9.17) is 14.0 Å². The summed E-state index contributed by atoms with van der Waals surface area (Å²) in [4.78, 5) is 34.5. The summed E-state index contributed by atoms with van der Waals surface area (Å²) in [6.07, 6.45) is 51.6. The summed E-state index contributed by atoms with van der Waals surface area (Å²) < 4.78 is 32.0. The number of carbonyl (C=O) groups is 2. The molecule has 0 aliphatic heterocycles. The molecule has 0 aromatic rings. The molecule has 0 bridgehead atoms. The summed E-state index contributed by atoms with van der Waals surface area (Å²) in [5.41, 5.74) is 0. The second kappa shape index (κ2) is 42.6. The average molecular weight is 809 g/mol. The monoisotopic (exact) mass is 809 g/mol. The molecule has 0 amide bonds. The number of hydrogen-bond acceptors (Lipinski definition) is 7. The van der Waals surface area contributed by atoms with Crippen LogP contribution in [-0.4, -0.2) is 43.3 Å². The molecule has 0 aliphatic carbocycles. The van der Waals surface area contributed by atoms with Crippen LogP contribution in [-0.2, 0) is 32.7 Å². The van der Waals surface area contributed by atoms with Gasteiger partial charge in [-0.15, -0.1) is 0 Å². The van der Waals surface area contributed by atoms with E-state index in [1.807, 2.05) is 0 Å². The predicted molar refractivity (Wildman–Crippen MR) is 235 cm³/mol. The number of carbonyl (C=O) groups excluding carboxylic acids is 2. The Kier molecular flexibility index (Phi) is 41.1. The number of rotatable bonds is 42. The van der Waals surface area contributed by atoms with E-state index >= 15 is 0 Å². The fourth-order valence-corrected chi connectivity index (χ4v) is 6.82. The highest BCUT2D eigenvalue weighted by molar-refractivity contribution is 7.47. The number of esters is 2. The zero-order chi connectivity index (χ0) is 41.1. The van der Waals surface area contributed by atoms with Gasteiger partial charge in [0.25, 0.3) is 0 Å². The number of allylic oxidation sites excluding steroid dienone is 8. The maximum Gasteiger partial charge on any atom is 0.472 e. The Bertz CT molecular complexity index is 1050. The molecule has 0 aliphatic rings. The van der Waals surface area contributed by atoms with Gasteiger partial charge in [-0.25, -0.2) is 4.57 Å². The Hall–Kier alpha value is -1.99. The van der Waals surface area contributed by atoms with Gasteiger partial charge in [-0.3, -0.25) is 18.6 Å². The molecule has 8 nitrogen and oxygen atoms in total. The van der Waals surface area contributed by atoms with Gasteiger partial charge in [0.15, 0.2) is 6.10 Å². The van der Waals surface area contributed by atoms with E-state index in [1.165, 1.54) is 96.3 Å². The Morgan fingerprint density at radius 3 is 1.36 bits per heavy atom. The van der Waals surface area contributed by atoms with E-state index in [9.17, 15) is 19.0 Å². The van der Waals surface area contributed by atoms with E-state index in [2.05, 4.69) is 67.0 Å². The smallest absolute Gasteiger partial charge is 0.462 e. The average Bonchev–Trinajstić information content (AvgIpc) is 3.19. The highest BCUT2D eigenvalue weighted by Gasteiger charge is 2.24. The number of phosphoric acid groups is 1. The van der Waals surface area contributed by atoms with Crippen molar-refractivity contribution in [1.29, 1.82) is 0 Å². The molecule has 0 rings (SSSR count). The van der Waals surface area contributed by atoms with Gasteiger partial charge in [0, 0.05) is 20.0 Å². The van der Waals surface area contributed by atoms with Gasteiger partial charge in [0.1, 0.15) is 6.61 Å². The molecule has 2 unspecified atom stereocenters. The van der Waals surface area contributed by atoms with Gasteiger partial charge >= 0.3 is 19.8 Å². The molecule has 0 aromatic carbocycles. The highest BCUT2D eigenvalue weighted by atomic mass is 31.2. The van der Waals surface area contributed by atoms with Gasteiger partial charge in [-0.05, 0) is 51.4 Å². The van der Waals surface area contributed by atoms with Crippen molar-refractivity contribution in [2.24, 2.45) is 0 Å². The van der Waals surface area contributed by atoms with E-state index < -0.39 is 26.5 Å². The lowest BCUT2D eigenvalue weighted by Crippen LogP contribution is -2.29. The van der Waals surface area contributed by atoms with Crippen molar-refractivity contribution in [3.63, 3.8) is 0 Å². The third-order valence-electron chi connectivity index (χ3n) is 9.84. The third-order valence-corrected chi connectivity index (χ3v) is 10.8. The molecule has 0 spiro atoms. The normalized spacial score (nSPS) is 13.7. The molecule has 0 radical (unpaired) electrons. The largest absolute Gasteiger partial charge is 0.472 e. The molecule has 56 heavy (non-hydrogen) atoms. The first-order valence-corrected chi connectivity index (χ1v) is 24.3. The van der Waals surface area contributed by atoms with Crippen LogP contribution in [0.4, 0.5) is 0 Å². The molecule has 326 valence electrons. The van der Waals surface area contributed by atoms with Crippen LogP contribution in [0.1, 0.15) is 213 Å². The van der Waals surface area contributed by atoms with Crippen LogP contribution < -0.4 is 0 Å². The molecule has 2 atom stereocenters. The Morgan fingerprint density at radius 1 is 0.518 bits per heavy atom. The summed E-state index contributed by atoms with van der Waals surface area (Å²) in [5, 5.41) is 0. The quantitative estimate of drug-likeness (QED) is 0.0281. The fraction of sp³-hybridized carbons (Fsp3) is 0.787. The zero-order valence-corrected chi connectivity index (χ0v) is 37.2. The van der Waals surface area contributed by atoms with Gasteiger partial charge in [0.2, 0.25) is 0 Å². The third kappa shape index (κ3) is 41.6. The van der Waals surface area contributed by atoms with Crippen molar-refractivity contribution < 1.29 is 37.6 Å². The van der Waals surface area contributed by atoms with Gasteiger partial charge in [-0.2, -0.15) is 0 Å². The zero-order valence-electron chi connectivity index (χ0n) is 36.3. The van der Waals surface area contributed by atoms with E-state index in [1.54, 1.807) is 0 Å². The first kappa shape index (κ1) is 54.0. The number of hydrogen-bond donors (Lipinski definition) is 1. The second-order valence-electron chi connectivity index (χ2n) is 15.2. The molecule has 0 heterocycles. The molecular weight excluding hydrogens is 723 g/mol. The second-order valence-corrected chi connectivity index (χ2v) is 16.7. The first-order chi connectivity index (χ1) is 27.3. The lowest BCUT2D eigenvalue weighted by atomic mass is 10.0. The van der Waals surface area contributed by atoms with E-state index in [-0.39, 0.29) is 19.0 Å². The maximum atomic E-state index is 12.5. The van der Waals surface area contributed by atoms with Gasteiger partial charge in [0.05, 0.1) is 6.61 Å². The minimum absolute atomic E-state index is 0.229. The van der Waals surface area contributed by atoms with Crippen molar-refractivity contribution in [2.45, 2.75) is 219 Å². The topological polar surface area (TPSA) is 108 Å². The van der Waals surface area contributed by atoms with Crippen LogP contribution in [0.3, 0.4) is 0 Å². The molecule has 0 saturated heterocycles.